The summed E-state index contributed by atoms with van der Waals surface area (Å²) in [6.07, 6.45) is 0.817. The van der Waals surface area contributed by atoms with Crippen LogP contribution < -0.4 is 10.1 Å². The van der Waals surface area contributed by atoms with Crippen LogP contribution in [0.5, 0.6) is 5.75 Å². The maximum Gasteiger partial charge on any atom is 0.333 e. The summed E-state index contributed by atoms with van der Waals surface area (Å²) in [7, 11) is 4.10. The third-order valence-corrected chi connectivity index (χ3v) is 4.95. The summed E-state index contributed by atoms with van der Waals surface area (Å²) in [5.41, 5.74) is 3.14. The van der Waals surface area contributed by atoms with E-state index in [1.165, 1.54) is 0 Å². The first kappa shape index (κ1) is 25.2. The van der Waals surface area contributed by atoms with Gasteiger partial charge in [-0.3, -0.25) is 0 Å². The summed E-state index contributed by atoms with van der Waals surface area (Å²) in [5.74, 6) is 0.381. The normalized spacial score (nSPS) is 12.2. The second-order valence-corrected chi connectivity index (χ2v) is 8.97. The molecule has 1 atom stereocenters. The summed E-state index contributed by atoms with van der Waals surface area (Å²) < 4.78 is 11.5. The van der Waals surface area contributed by atoms with Gasteiger partial charge in [0.05, 0.1) is 24.8 Å². The molecule has 0 aromatic heterocycles. The zero-order chi connectivity index (χ0) is 23.7. The van der Waals surface area contributed by atoms with E-state index in [1.54, 1.807) is 31.2 Å². The maximum absolute atomic E-state index is 12.8. The largest absolute Gasteiger partial charge is 0.493 e. The Morgan fingerprint density at radius 1 is 1.16 bits per heavy atom. The molecule has 0 aliphatic carbocycles. The van der Waals surface area contributed by atoms with Gasteiger partial charge in [0.25, 0.3) is 0 Å². The van der Waals surface area contributed by atoms with Crippen molar-refractivity contribution in [2.24, 2.45) is 5.41 Å². The lowest BCUT2D eigenvalue weighted by Crippen LogP contribution is -2.33. The lowest BCUT2D eigenvalue weighted by molar-refractivity contribution is -0.144. The van der Waals surface area contributed by atoms with E-state index in [9.17, 15) is 4.79 Å². The van der Waals surface area contributed by atoms with Crippen LogP contribution in [0.1, 0.15) is 50.4 Å². The molecule has 0 saturated carbocycles. The van der Waals surface area contributed by atoms with E-state index in [4.69, 9.17) is 14.7 Å². The van der Waals surface area contributed by atoms with Crippen molar-refractivity contribution in [2.45, 2.75) is 40.2 Å². The van der Waals surface area contributed by atoms with Crippen LogP contribution >= 0.6 is 0 Å². The van der Waals surface area contributed by atoms with Gasteiger partial charge >= 0.3 is 5.97 Å². The minimum atomic E-state index is -0.688. The molecule has 0 spiro atoms. The van der Waals surface area contributed by atoms with E-state index in [-0.39, 0.29) is 11.4 Å². The van der Waals surface area contributed by atoms with Crippen LogP contribution in [0.2, 0.25) is 0 Å². The Morgan fingerprint density at radius 2 is 1.84 bits per heavy atom. The van der Waals surface area contributed by atoms with Crippen molar-refractivity contribution in [3.05, 3.63) is 59.2 Å². The molecule has 32 heavy (non-hydrogen) atoms. The van der Waals surface area contributed by atoms with Crippen molar-refractivity contribution in [2.75, 3.05) is 39.2 Å². The van der Waals surface area contributed by atoms with Gasteiger partial charge in [-0.2, -0.15) is 5.26 Å². The SMILES string of the molecule is CCOC(=O)C(Nc1ccc(C#N)cc1)c1cc(CC)cc(OCC(C)(C)CN(C)C)c1. The van der Waals surface area contributed by atoms with E-state index >= 15 is 0 Å². The highest BCUT2D eigenvalue weighted by atomic mass is 16.5. The molecule has 2 aromatic carbocycles. The Bertz CT molecular complexity index is 930. The van der Waals surface area contributed by atoms with Crippen LogP contribution in [-0.4, -0.2) is 44.7 Å². The second-order valence-electron chi connectivity index (χ2n) is 8.97. The number of nitrogens with one attached hydrogen (secondary N) is 1. The molecule has 0 aliphatic rings. The van der Waals surface area contributed by atoms with Crippen LogP contribution in [0, 0.1) is 16.7 Å². The highest BCUT2D eigenvalue weighted by Gasteiger charge is 2.24. The van der Waals surface area contributed by atoms with Crippen LogP contribution in [0.15, 0.2) is 42.5 Å². The molecular weight excluding hydrogens is 402 g/mol. The predicted molar refractivity (Wildman–Crippen MR) is 128 cm³/mol. The fourth-order valence-electron chi connectivity index (χ4n) is 3.63. The van der Waals surface area contributed by atoms with Gasteiger partial charge in [0.1, 0.15) is 5.75 Å². The molecule has 0 radical (unpaired) electrons. The summed E-state index contributed by atoms with van der Waals surface area (Å²) in [6, 6.07) is 14.4. The number of hydrogen-bond donors (Lipinski definition) is 1. The molecule has 0 fully saturated rings. The minimum absolute atomic E-state index is 0.0207. The fraction of sp³-hybridized carbons (Fsp3) is 0.462. The summed E-state index contributed by atoms with van der Waals surface area (Å²) >= 11 is 0. The zero-order valence-electron chi connectivity index (χ0n) is 20.1. The average Bonchev–Trinajstić information content (AvgIpc) is 2.75. The molecule has 2 aromatic rings. The van der Waals surface area contributed by atoms with E-state index < -0.39 is 6.04 Å². The van der Waals surface area contributed by atoms with Gasteiger partial charge in [0, 0.05) is 17.6 Å². The van der Waals surface area contributed by atoms with E-state index in [0.29, 0.717) is 18.8 Å². The first-order valence-corrected chi connectivity index (χ1v) is 11.0. The van der Waals surface area contributed by atoms with Crippen molar-refractivity contribution in [3.63, 3.8) is 0 Å². The number of carbonyl (C=O) groups is 1. The number of nitrogens with zero attached hydrogens (tertiary/aromatic N) is 2. The Hall–Kier alpha value is -3.04. The highest BCUT2D eigenvalue weighted by Crippen LogP contribution is 2.28. The van der Waals surface area contributed by atoms with Gasteiger partial charge in [0.15, 0.2) is 6.04 Å². The Balaban J connectivity index is 2.33. The van der Waals surface area contributed by atoms with E-state index in [2.05, 4.69) is 51.2 Å². The Morgan fingerprint density at radius 3 is 2.41 bits per heavy atom. The van der Waals surface area contributed by atoms with Crippen LogP contribution in [0.25, 0.3) is 0 Å². The molecular formula is C26H35N3O3. The molecule has 1 unspecified atom stereocenters. The number of esters is 1. The molecule has 6 nitrogen and oxygen atoms in total. The predicted octanol–water partition coefficient (Wildman–Crippen LogP) is 4.80. The topological polar surface area (TPSA) is 74.6 Å². The first-order chi connectivity index (χ1) is 15.2. The molecule has 1 N–H and O–H groups in total. The summed E-state index contributed by atoms with van der Waals surface area (Å²) in [4.78, 5) is 15.0. The quantitative estimate of drug-likeness (QED) is 0.509. The van der Waals surface area contributed by atoms with Crippen molar-refractivity contribution in [1.82, 2.24) is 4.90 Å². The number of carbonyl (C=O) groups excluding carboxylic acids is 1. The highest BCUT2D eigenvalue weighted by molar-refractivity contribution is 5.81. The summed E-state index contributed by atoms with van der Waals surface area (Å²) in [5, 5.41) is 12.3. The lowest BCUT2D eigenvalue weighted by Gasteiger charge is -2.28. The number of ether oxygens (including phenoxy) is 2. The van der Waals surface area contributed by atoms with Gasteiger partial charge in [0.2, 0.25) is 0 Å². The third-order valence-electron chi connectivity index (χ3n) is 4.95. The van der Waals surface area contributed by atoms with Gasteiger partial charge in [-0.1, -0.05) is 26.8 Å². The van der Waals surface area contributed by atoms with Crippen molar-refractivity contribution in [1.29, 1.82) is 5.26 Å². The second kappa shape index (κ2) is 11.5. The van der Waals surface area contributed by atoms with Crippen LogP contribution in [0.4, 0.5) is 5.69 Å². The van der Waals surface area contributed by atoms with Crippen molar-refractivity contribution < 1.29 is 14.3 Å². The third kappa shape index (κ3) is 7.58. The minimum Gasteiger partial charge on any atom is -0.493 e. The van der Waals surface area contributed by atoms with Crippen molar-refractivity contribution >= 4 is 11.7 Å². The molecule has 172 valence electrons. The Labute approximate surface area is 192 Å². The van der Waals surface area contributed by atoms with Gasteiger partial charge in [-0.15, -0.1) is 0 Å². The summed E-state index contributed by atoms with van der Waals surface area (Å²) in [6.45, 7) is 9.97. The number of hydrogen-bond acceptors (Lipinski definition) is 6. The monoisotopic (exact) mass is 437 g/mol. The number of rotatable bonds is 11. The average molecular weight is 438 g/mol. The van der Waals surface area contributed by atoms with Gasteiger partial charge in [-0.05, 0) is 75.0 Å². The number of aryl methyl sites for hydroxylation is 1. The fourth-order valence-corrected chi connectivity index (χ4v) is 3.63. The smallest absolute Gasteiger partial charge is 0.333 e. The molecule has 2 rings (SSSR count). The molecule has 0 aliphatic heterocycles. The van der Waals surface area contributed by atoms with Crippen molar-refractivity contribution in [3.8, 4) is 11.8 Å². The molecule has 0 heterocycles. The maximum atomic E-state index is 12.8. The standard InChI is InChI=1S/C26H35N3O3/c1-7-19-13-21(15-23(14-19)32-18-26(3,4)17-29(5)6)24(25(30)31-8-2)28-22-11-9-20(16-27)10-12-22/h9-15,24,28H,7-8,17-18H2,1-6H3. The molecule has 0 amide bonds. The first-order valence-electron chi connectivity index (χ1n) is 11.0. The number of anilines is 1. The van der Waals surface area contributed by atoms with Crippen LogP contribution in [-0.2, 0) is 16.0 Å². The van der Waals surface area contributed by atoms with E-state index in [1.807, 2.05) is 18.2 Å². The molecule has 0 bridgehead atoms. The van der Waals surface area contributed by atoms with Gasteiger partial charge in [-0.25, -0.2) is 4.79 Å². The van der Waals surface area contributed by atoms with Gasteiger partial charge < -0.3 is 19.7 Å². The Kier molecular flexibility index (Phi) is 9.10. The van der Waals surface area contributed by atoms with E-state index in [0.717, 1.165) is 35.5 Å². The number of nitriles is 1. The molecule has 0 saturated heterocycles. The zero-order valence-corrected chi connectivity index (χ0v) is 20.1. The molecule has 6 heteroatoms. The van der Waals surface area contributed by atoms with Crippen LogP contribution in [0.3, 0.4) is 0 Å². The number of benzene rings is 2. The lowest BCUT2D eigenvalue weighted by atomic mass is 9.94.